The molecule has 0 saturated carbocycles. The smallest absolute Gasteiger partial charge is 0.224 e. The Morgan fingerprint density at radius 3 is 2.82 bits per heavy atom. The van der Waals surface area contributed by atoms with Gasteiger partial charge in [-0.15, -0.1) is 0 Å². The summed E-state index contributed by atoms with van der Waals surface area (Å²) in [6, 6.07) is 1.92. The Balaban J connectivity index is 1.70. The molecule has 0 atom stereocenters. The van der Waals surface area contributed by atoms with Gasteiger partial charge in [0.25, 0.3) is 0 Å². The number of anilines is 1. The summed E-state index contributed by atoms with van der Waals surface area (Å²) in [6.45, 7) is 6.55. The number of hydrogen-bond donors (Lipinski definition) is 1. The monoisotopic (exact) mass is 254 g/mol. The van der Waals surface area contributed by atoms with Gasteiger partial charge in [-0.25, -0.2) is 9.97 Å². The van der Waals surface area contributed by atoms with E-state index in [0.717, 1.165) is 24.5 Å². The van der Waals surface area contributed by atoms with Crippen LogP contribution in [0.2, 0.25) is 5.28 Å². The molecule has 94 valence electrons. The molecular weight excluding hydrogens is 236 g/mol. The quantitative estimate of drug-likeness (QED) is 0.647. The summed E-state index contributed by atoms with van der Waals surface area (Å²) in [5.41, 5.74) is 0.895. The van der Waals surface area contributed by atoms with E-state index in [0.29, 0.717) is 5.28 Å². The maximum Gasteiger partial charge on any atom is 0.224 e. The standard InChI is InChI=1S/C12H19ClN4/c1-10-9-11(16-12(13)15-10)14-5-4-8-17-6-2-3-7-17/h9H,2-8H2,1H3,(H,14,15,16). The lowest BCUT2D eigenvalue weighted by atomic mass is 10.3. The first-order valence-corrected chi connectivity index (χ1v) is 6.59. The largest absolute Gasteiger partial charge is 0.370 e. The predicted octanol–water partition coefficient (Wildman–Crippen LogP) is 2.34. The molecule has 1 saturated heterocycles. The molecule has 1 fully saturated rings. The van der Waals surface area contributed by atoms with Gasteiger partial charge in [-0.2, -0.15) is 0 Å². The number of halogens is 1. The molecule has 1 aliphatic heterocycles. The molecule has 2 rings (SSSR count). The van der Waals surface area contributed by atoms with Gasteiger partial charge in [-0.3, -0.25) is 0 Å². The Bertz CT molecular complexity index is 343. The Kier molecular flexibility index (Phi) is 4.57. The Morgan fingerprint density at radius 1 is 1.35 bits per heavy atom. The zero-order valence-corrected chi connectivity index (χ0v) is 11.0. The first-order chi connectivity index (χ1) is 8.24. The average Bonchev–Trinajstić information content (AvgIpc) is 2.76. The summed E-state index contributed by atoms with van der Waals surface area (Å²) in [6.07, 6.45) is 3.85. The van der Waals surface area contributed by atoms with Crippen LogP contribution in [0.1, 0.15) is 25.0 Å². The minimum Gasteiger partial charge on any atom is -0.370 e. The van der Waals surface area contributed by atoms with Gasteiger partial charge in [-0.1, -0.05) is 0 Å². The lowest BCUT2D eigenvalue weighted by Crippen LogP contribution is -2.22. The van der Waals surface area contributed by atoms with Crippen molar-refractivity contribution in [2.45, 2.75) is 26.2 Å². The Labute approximate surface area is 107 Å². The third-order valence-electron chi connectivity index (χ3n) is 2.98. The average molecular weight is 255 g/mol. The highest BCUT2D eigenvalue weighted by atomic mass is 35.5. The van der Waals surface area contributed by atoms with Crippen LogP contribution in [-0.2, 0) is 0 Å². The van der Waals surface area contributed by atoms with Crippen molar-refractivity contribution in [1.82, 2.24) is 14.9 Å². The van der Waals surface area contributed by atoms with Gasteiger partial charge in [-0.05, 0) is 57.4 Å². The number of hydrogen-bond acceptors (Lipinski definition) is 4. The van der Waals surface area contributed by atoms with E-state index in [2.05, 4.69) is 20.2 Å². The highest BCUT2D eigenvalue weighted by Crippen LogP contribution is 2.10. The van der Waals surface area contributed by atoms with E-state index in [1.54, 1.807) is 0 Å². The summed E-state index contributed by atoms with van der Waals surface area (Å²) in [7, 11) is 0. The maximum absolute atomic E-state index is 5.80. The van der Waals surface area contributed by atoms with Crippen LogP contribution in [0.25, 0.3) is 0 Å². The minimum atomic E-state index is 0.312. The van der Waals surface area contributed by atoms with Crippen LogP contribution >= 0.6 is 11.6 Å². The first-order valence-electron chi connectivity index (χ1n) is 6.21. The number of likely N-dealkylation sites (tertiary alicyclic amines) is 1. The molecule has 5 heteroatoms. The van der Waals surface area contributed by atoms with Crippen LogP contribution < -0.4 is 5.32 Å². The number of nitrogens with zero attached hydrogens (tertiary/aromatic N) is 3. The molecule has 0 bridgehead atoms. The molecule has 0 aliphatic carbocycles. The number of aryl methyl sites for hydroxylation is 1. The minimum absolute atomic E-state index is 0.312. The lowest BCUT2D eigenvalue weighted by Gasteiger charge is -2.14. The summed E-state index contributed by atoms with van der Waals surface area (Å²) >= 11 is 5.80. The van der Waals surface area contributed by atoms with Crippen molar-refractivity contribution in [3.8, 4) is 0 Å². The highest BCUT2D eigenvalue weighted by molar-refractivity contribution is 6.28. The maximum atomic E-state index is 5.80. The number of rotatable bonds is 5. The fraction of sp³-hybridized carbons (Fsp3) is 0.667. The van der Waals surface area contributed by atoms with Gasteiger partial charge in [0.05, 0.1) is 0 Å². The zero-order valence-electron chi connectivity index (χ0n) is 10.2. The third kappa shape index (κ3) is 4.13. The fourth-order valence-electron chi connectivity index (χ4n) is 2.15. The summed E-state index contributed by atoms with van der Waals surface area (Å²) < 4.78 is 0. The molecule has 0 radical (unpaired) electrons. The van der Waals surface area contributed by atoms with E-state index in [1.165, 1.54) is 32.5 Å². The van der Waals surface area contributed by atoms with Crippen molar-refractivity contribution in [2.24, 2.45) is 0 Å². The normalized spacial score (nSPS) is 16.4. The summed E-state index contributed by atoms with van der Waals surface area (Å²) in [4.78, 5) is 10.7. The third-order valence-corrected chi connectivity index (χ3v) is 3.15. The van der Waals surface area contributed by atoms with E-state index in [9.17, 15) is 0 Å². The highest BCUT2D eigenvalue weighted by Gasteiger charge is 2.10. The molecule has 0 unspecified atom stereocenters. The Hall–Kier alpha value is -0.870. The fourth-order valence-corrected chi connectivity index (χ4v) is 2.37. The molecule has 1 aromatic rings. The number of aromatic nitrogens is 2. The Morgan fingerprint density at radius 2 is 2.12 bits per heavy atom. The van der Waals surface area contributed by atoms with Gasteiger partial charge in [0.2, 0.25) is 5.28 Å². The second-order valence-electron chi connectivity index (χ2n) is 4.49. The van der Waals surface area contributed by atoms with E-state index >= 15 is 0 Å². The van der Waals surface area contributed by atoms with Gasteiger partial charge < -0.3 is 10.2 Å². The van der Waals surface area contributed by atoms with E-state index in [-0.39, 0.29) is 0 Å². The second kappa shape index (κ2) is 6.17. The van der Waals surface area contributed by atoms with Crippen molar-refractivity contribution in [1.29, 1.82) is 0 Å². The number of nitrogens with one attached hydrogen (secondary N) is 1. The van der Waals surface area contributed by atoms with Gasteiger partial charge >= 0.3 is 0 Å². The van der Waals surface area contributed by atoms with Crippen LogP contribution in [-0.4, -0.2) is 41.0 Å². The second-order valence-corrected chi connectivity index (χ2v) is 4.83. The van der Waals surface area contributed by atoms with Crippen LogP contribution in [0.5, 0.6) is 0 Å². The molecule has 0 amide bonds. The lowest BCUT2D eigenvalue weighted by molar-refractivity contribution is 0.337. The molecule has 0 spiro atoms. The molecule has 17 heavy (non-hydrogen) atoms. The van der Waals surface area contributed by atoms with Crippen molar-refractivity contribution in [2.75, 3.05) is 31.5 Å². The van der Waals surface area contributed by atoms with Crippen LogP contribution in [0.3, 0.4) is 0 Å². The van der Waals surface area contributed by atoms with Crippen LogP contribution in [0.15, 0.2) is 6.07 Å². The van der Waals surface area contributed by atoms with E-state index < -0.39 is 0 Å². The van der Waals surface area contributed by atoms with Crippen LogP contribution in [0.4, 0.5) is 5.82 Å². The van der Waals surface area contributed by atoms with Crippen molar-refractivity contribution in [3.63, 3.8) is 0 Å². The first kappa shape index (κ1) is 12.6. The van der Waals surface area contributed by atoms with E-state index in [1.807, 2.05) is 13.0 Å². The molecule has 2 heterocycles. The summed E-state index contributed by atoms with van der Waals surface area (Å²) in [5.74, 6) is 0.823. The topological polar surface area (TPSA) is 41.0 Å². The van der Waals surface area contributed by atoms with Gasteiger partial charge in [0, 0.05) is 18.3 Å². The summed E-state index contributed by atoms with van der Waals surface area (Å²) in [5, 5.41) is 3.60. The molecule has 1 N–H and O–H groups in total. The molecule has 4 nitrogen and oxygen atoms in total. The molecular formula is C12H19ClN4. The zero-order chi connectivity index (χ0) is 12.1. The SMILES string of the molecule is Cc1cc(NCCCN2CCCC2)nc(Cl)n1. The van der Waals surface area contributed by atoms with E-state index in [4.69, 9.17) is 11.6 Å². The van der Waals surface area contributed by atoms with Crippen molar-refractivity contribution in [3.05, 3.63) is 17.0 Å². The van der Waals surface area contributed by atoms with Crippen molar-refractivity contribution >= 4 is 17.4 Å². The van der Waals surface area contributed by atoms with Gasteiger partial charge in [0.15, 0.2) is 0 Å². The van der Waals surface area contributed by atoms with Crippen LogP contribution in [0, 0.1) is 6.92 Å². The van der Waals surface area contributed by atoms with Crippen molar-refractivity contribution < 1.29 is 0 Å². The van der Waals surface area contributed by atoms with Gasteiger partial charge in [0.1, 0.15) is 5.82 Å². The molecule has 1 aromatic heterocycles. The molecule has 1 aliphatic rings. The predicted molar refractivity (Wildman–Crippen MR) is 70.6 cm³/mol. The molecule has 0 aromatic carbocycles.